The van der Waals surface area contributed by atoms with Gasteiger partial charge >= 0.3 is 0 Å². The van der Waals surface area contributed by atoms with E-state index >= 15 is 0 Å². The fourth-order valence-electron chi connectivity index (χ4n) is 1.98. The maximum atomic E-state index is 9.82. The van der Waals surface area contributed by atoms with Crippen molar-refractivity contribution >= 4 is 0 Å². The first-order valence-electron chi connectivity index (χ1n) is 5.58. The van der Waals surface area contributed by atoms with Crippen molar-refractivity contribution in [3.05, 3.63) is 54.0 Å². The predicted octanol–water partition coefficient (Wildman–Crippen LogP) is 2.69. The van der Waals surface area contributed by atoms with Gasteiger partial charge in [0.05, 0.1) is 6.10 Å². The fourth-order valence-corrected chi connectivity index (χ4v) is 1.98. The maximum absolute atomic E-state index is 9.82. The van der Waals surface area contributed by atoms with Gasteiger partial charge in [-0.15, -0.1) is 0 Å². The van der Waals surface area contributed by atoms with Gasteiger partial charge in [-0.1, -0.05) is 36.4 Å². The van der Waals surface area contributed by atoms with Crippen molar-refractivity contribution in [2.75, 3.05) is 0 Å². The molecule has 15 heavy (non-hydrogen) atoms. The zero-order chi connectivity index (χ0) is 10.5. The Hall–Kier alpha value is -1.08. The van der Waals surface area contributed by atoms with Gasteiger partial charge in [0, 0.05) is 0 Å². The lowest BCUT2D eigenvalue weighted by Crippen LogP contribution is -2.11. The van der Waals surface area contributed by atoms with Crippen molar-refractivity contribution in [2.45, 2.75) is 31.8 Å². The zero-order valence-electron chi connectivity index (χ0n) is 8.89. The molecule has 1 atom stereocenters. The summed E-state index contributed by atoms with van der Waals surface area (Å²) in [6.07, 6.45) is 9.81. The molecule has 1 nitrogen and oxygen atoms in total. The standard InChI is InChI=1S/C14H17O/c15-14-10-4-2-1-3-7-12-8-5-6-9-13(12)11-14/h2-6,8-9,14-15H,1,7,10-11H2/b4-2-. The molecule has 0 spiro atoms. The molecule has 1 N–H and O–H groups in total. The third kappa shape index (κ3) is 2.93. The normalized spacial score (nSPS) is 24.2. The van der Waals surface area contributed by atoms with Crippen molar-refractivity contribution < 1.29 is 5.11 Å². The lowest BCUT2D eigenvalue weighted by atomic mass is 9.95. The van der Waals surface area contributed by atoms with E-state index in [1.165, 1.54) is 11.1 Å². The summed E-state index contributed by atoms with van der Waals surface area (Å²) < 4.78 is 0. The van der Waals surface area contributed by atoms with E-state index in [1.54, 1.807) is 0 Å². The van der Waals surface area contributed by atoms with Gasteiger partial charge in [-0.3, -0.25) is 0 Å². The van der Waals surface area contributed by atoms with Crippen LogP contribution in [-0.2, 0) is 12.8 Å². The molecule has 0 bridgehead atoms. The van der Waals surface area contributed by atoms with E-state index in [-0.39, 0.29) is 6.10 Å². The first-order valence-corrected chi connectivity index (χ1v) is 5.58. The van der Waals surface area contributed by atoms with Gasteiger partial charge in [-0.2, -0.15) is 0 Å². The van der Waals surface area contributed by atoms with Gasteiger partial charge in [-0.25, -0.2) is 0 Å². The number of aliphatic hydroxyl groups is 1. The summed E-state index contributed by atoms with van der Waals surface area (Å²) in [5.41, 5.74) is 2.64. The topological polar surface area (TPSA) is 20.2 Å². The Bertz CT molecular complexity index is 341. The average molecular weight is 201 g/mol. The van der Waals surface area contributed by atoms with E-state index in [0.717, 1.165) is 25.7 Å². The minimum Gasteiger partial charge on any atom is -0.392 e. The Morgan fingerprint density at radius 3 is 2.73 bits per heavy atom. The second kappa shape index (κ2) is 5.13. The molecule has 1 aromatic carbocycles. The van der Waals surface area contributed by atoms with Gasteiger partial charge in [-0.05, 0) is 43.2 Å². The summed E-state index contributed by atoms with van der Waals surface area (Å²) in [6.45, 7) is 0. The Morgan fingerprint density at radius 1 is 1.07 bits per heavy atom. The SMILES string of the molecule is OC1C/C=C\C[CH]Cc2ccccc2C1. The van der Waals surface area contributed by atoms with Crippen LogP contribution in [0.4, 0.5) is 0 Å². The second-order valence-corrected chi connectivity index (χ2v) is 4.06. The van der Waals surface area contributed by atoms with Crippen LogP contribution in [0.3, 0.4) is 0 Å². The summed E-state index contributed by atoms with van der Waals surface area (Å²) in [6, 6.07) is 8.40. The molecule has 1 radical (unpaired) electrons. The van der Waals surface area contributed by atoms with Crippen LogP contribution in [0.2, 0.25) is 0 Å². The summed E-state index contributed by atoms with van der Waals surface area (Å²) in [4.78, 5) is 0. The lowest BCUT2D eigenvalue weighted by molar-refractivity contribution is 0.178. The third-order valence-corrected chi connectivity index (χ3v) is 2.82. The minimum absolute atomic E-state index is 0.236. The van der Waals surface area contributed by atoms with Crippen molar-refractivity contribution in [1.82, 2.24) is 0 Å². The van der Waals surface area contributed by atoms with Crippen LogP contribution in [0.15, 0.2) is 36.4 Å². The van der Waals surface area contributed by atoms with E-state index in [9.17, 15) is 5.11 Å². The summed E-state index contributed by atoms with van der Waals surface area (Å²) >= 11 is 0. The van der Waals surface area contributed by atoms with Gasteiger partial charge in [0.2, 0.25) is 0 Å². The van der Waals surface area contributed by atoms with Crippen LogP contribution in [-0.4, -0.2) is 11.2 Å². The molecule has 1 heteroatoms. The van der Waals surface area contributed by atoms with Gasteiger partial charge < -0.3 is 5.11 Å². The molecule has 79 valence electrons. The quantitative estimate of drug-likeness (QED) is 0.640. The molecule has 0 saturated carbocycles. The maximum Gasteiger partial charge on any atom is 0.0615 e. The van der Waals surface area contributed by atoms with E-state index < -0.39 is 0 Å². The molecule has 0 fully saturated rings. The predicted molar refractivity (Wildman–Crippen MR) is 62.5 cm³/mol. The highest BCUT2D eigenvalue weighted by Crippen LogP contribution is 2.16. The number of hydrogen-bond acceptors (Lipinski definition) is 1. The third-order valence-electron chi connectivity index (χ3n) is 2.82. The summed E-state index contributed by atoms with van der Waals surface area (Å²) in [5.74, 6) is 0. The first-order chi connectivity index (χ1) is 7.36. The highest BCUT2D eigenvalue weighted by atomic mass is 16.3. The number of benzene rings is 1. The van der Waals surface area contributed by atoms with E-state index in [2.05, 4.69) is 36.8 Å². The Kier molecular flexibility index (Phi) is 3.57. The average Bonchev–Trinajstić information content (AvgIpc) is 2.25. The van der Waals surface area contributed by atoms with Crippen LogP contribution in [0.5, 0.6) is 0 Å². The van der Waals surface area contributed by atoms with Gasteiger partial charge in [0.25, 0.3) is 0 Å². The number of aliphatic hydroxyl groups excluding tert-OH is 1. The molecule has 0 heterocycles. The second-order valence-electron chi connectivity index (χ2n) is 4.06. The Labute approximate surface area is 91.4 Å². The number of fused-ring (bicyclic) bond motifs is 1. The number of rotatable bonds is 0. The van der Waals surface area contributed by atoms with E-state index in [4.69, 9.17) is 0 Å². The highest BCUT2D eigenvalue weighted by Gasteiger charge is 2.08. The van der Waals surface area contributed by atoms with Crippen molar-refractivity contribution in [3.63, 3.8) is 0 Å². The Balaban J connectivity index is 2.19. The van der Waals surface area contributed by atoms with Crippen LogP contribution >= 0.6 is 0 Å². The molecule has 0 aromatic heterocycles. The lowest BCUT2D eigenvalue weighted by Gasteiger charge is -2.13. The molecule has 1 unspecified atom stereocenters. The van der Waals surface area contributed by atoms with Crippen LogP contribution < -0.4 is 0 Å². The summed E-state index contributed by atoms with van der Waals surface area (Å²) in [7, 11) is 0. The monoisotopic (exact) mass is 201 g/mol. The molecule has 0 aliphatic heterocycles. The Morgan fingerprint density at radius 2 is 1.87 bits per heavy atom. The number of allylic oxidation sites excluding steroid dienone is 1. The first kappa shape index (κ1) is 10.4. The van der Waals surface area contributed by atoms with E-state index in [0.29, 0.717) is 0 Å². The van der Waals surface area contributed by atoms with Crippen molar-refractivity contribution in [3.8, 4) is 0 Å². The molecular weight excluding hydrogens is 184 g/mol. The molecule has 0 amide bonds. The van der Waals surface area contributed by atoms with E-state index in [1.807, 2.05) is 6.07 Å². The largest absolute Gasteiger partial charge is 0.392 e. The highest BCUT2D eigenvalue weighted by molar-refractivity contribution is 5.29. The van der Waals surface area contributed by atoms with Crippen LogP contribution in [0.1, 0.15) is 24.0 Å². The smallest absolute Gasteiger partial charge is 0.0615 e. The van der Waals surface area contributed by atoms with Crippen LogP contribution in [0, 0.1) is 6.42 Å². The molecule has 1 aliphatic rings. The molecular formula is C14H17O. The van der Waals surface area contributed by atoms with Gasteiger partial charge in [0.1, 0.15) is 0 Å². The van der Waals surface area contributed by atoms with Gasteiger partial charge in [0.15, 0.2) is 0 Å². The fraction of sp³-hybridized carbons (Fsp3) is 0.357. The van der Waals surface area contributed by atoms with Crippen LogP contribution in [0.25, 0.3) is 0 Å². The molecule has 1 aromatic rings. The minimum atomic E-state index is -0.236. The van der Waals surface area contributed by atoms with Crippen molar-refractivity contribution in [1.29, 1.82) is 0 Å². The molecule has 2 rings (SSSR count). The summed E-state index contributed by atoms with van der Waals surface area (Å²) in [5, 5.41) is 9.82. The molecule has 0 saturated heterocycles. The zero-order valence-corrected chi connectivity index (χ0v) is 8.89. The number of hydrogen-bond donors (Lipinski definition) is 1. The van der Waals surface area contributed by atoms with Crippen molar-refractivity contribution in [2.24, 2.45) is 0 Å². The molecule has 1 aliphatic carbocycles.